The number of rotatable bonds is 5. The second-order valence-electron chi connectivity index (χ2n) is 5.60. The van der Waals surface area contributed by atoms with E-state index in [4.69, 9.17) is 4.63 Å². The number of fused-ring (bicyclic) bond motifs is 1. The van der Waals surface area contributed by atoms with Crippen molar-refractivity contribution in [2.45, 2.75) is 13.0 Å². The minimum Gasteiger partial charge on any atom is -0.360 e. The van der Waals surface area contributed by atoms with E-state index in [1.165, 1.54) is 0 Å². The summed E-state index contributed by atoms with van der Waals surface area (Å²) < 4.78 is 4.73. The van der Waals surface area contributed by atoms with Crippen molar-refractivity contribution in [2.75, 3.05) is 10.6 Å². The summed E-state index contributed by atoms with van der Waals surface area (Å²) in [5, 5.41) is 14.2. The zero-order chi connectivity index (χ0) is 17.1. The third-order valence-electron chi connectivity index (χ3n) is 3.80. The summed E-state index contributed by atoms with van der Waals surface area (Å²) in [5.74, 6) is 1.15. The average Bonchev–Trinajstić information content (AvgIpc) is 3.10. The lowest BCUT2D eigenvalue weighted by molar-refractivity contribution is 0.314. The predicted octanol–water partition coefficient (Wildman–Crippen LogP) is 3.93. The van der Waals surface area contributed by atoms with Crippen molar-refractivity contribution in [1.82, 2.24) is 20.3 Å². The maximum absolute atomic E-state index is 4.73. The van der Waals surface area contributed by atoms with Gasteiger partial charge in [0.25, 0.3) is 0 Å². The van der Waals surface area contributed by atoms with Gasteiger partial charge in [0.2, 0.25) is 11.3 Å². The molecule has 25 heavy (non-hydrogen) atoms. The minimum atomic E-state index is 0.0455. The van der Waals surface area contributed by atoms with Crippen LogP contribution in [0.1, 0.15) is 18.5 Å². The number of hydrogen-bond acceptors (Lipinski definition) is 7. The van der Waals surface area contributed by atoms with E-state index < -0.39 is 0 Å². The van der Waals surface area contributed by atoms with Crippen LogP contribution in [0.3, 0.4) is 0 Å². The van der Waals surface area contributed by atoms with E-state index in [0.717, 1.165) is 11.3 Å². The second kappa shape index (κ2) is 6.56. The molecule has 0 spiro atoms. The summed E-state index contributed by atoms with van der Waals surface area (Å²) in [6.07, 6.45) is 0. The SMILES string of the molecule is CC(Nc1nc2nonc2nc1Nc1ccccc1)c1ccccc1. The molecule has 0 saturated carbocycles. The maximum atomic E-state index is 4.73. The third kappa shape index (κ3) is 3.25. The first kappa shape index (κ1) is 15.1. The molecule has 4 aromatic rings. The number of aromatic nitrogens is 4. The van der Waals surface area contributed by atoms with Gasteiger partial charge in [-0.05, 0) is 34.9 Å². The molecule has 0 fully saturated rings. The van der Waals surface area contributed by atoms with Gasteiger partial charge in [-0.3, -0.25) is 0 Å². The van der Waals surface area contributed by atoms with Crippen LogP contribution in [-0.4, -0.2) is 20.3 Å². The summed E-state index contributed by atoms with van der Waals surface area (Å²) in [5.41, 5.74) is 2.77. The molecule has 0 aliphatic carbocycles. The minimum absolute atomic E-state index is 0.0455. The molecule has 4 rings (SSSR count). The second-order valence-corrected chi connectivity index (χ2v) is 5.60. The standard InChI is InChI=1S/C18H16N6O/c1-12(13-8-4-2-5-9-13)19-15-16(20-14-10-6-3-7-11-14)22-18-17(21-15)23-25-24-18/h2-12H,1H3,(H,19,21,23)(H,20,22,24). The summed E-state index contributed by atoms with van der Waals surface area (Å²) in [6, 6.07) is 19.9. The molecule has 1 atom stereocenters. The molecule has 1 unspecified atom stereocenters. The summed E-state index contributed by atoms with van der Waals surface area (Å²) in [6.45, 7) is 2.06. The van der Waals surface area contributed by atoms with Crippen LogP contribution in [0.5, 0.6) is 0 Å². The van der Waals surface area contributed by atoms with Crippen molar-refractivity contribution in [1.29, 1.82) is 0 Å². The Kier molecular flexibility index (Phi) is 3.96. The fourth-order valence-electron chi connectivity index (χ4n) is 2.51. The zero-order valence-corrected chi connectivity index (χ0v) is 13.5. The molecular weight excluding hydrogens is 316 g/mol. The quantitative estimate of drug-likeness (QED) is 0.572. The van der Waals surface area contributed by atoms with Gasteiger partial charge < -0.3 is 10.6 Å². The molecule has 0 amide bonds. The van der Waals surface area contributed by atoms with Gasteiger partial charge in [0.05, 0.1) is 6.04 Å². The van der Waals surface area contributed by atoms with Gasteiger partial charge in [0.15, 0.2) is 11.6 Å². The molecule has 0 aliphatic heterocycles. The number of para-hydroxylation sites is 1. The van der Waals surface area contributed by atoms with Crippen LogP contribution >= 0.6 is 0 Å². The van der Waals surface area contributed by atoms with Gasteiger partial charge in [-0.2, -0.15) is 0 Å². The number of nitrogens with zero attached hydrogens (tertiary/aromatic N) is 4. The lowest BCUT2D eigenvalue weighted by Crippen LogP contribution is -2.11. The Morgan fingerprint density at radius 2 is 1.40 bits per heavy atom. The van der Waals surface area contributed by atoms with Crippen molar-refractivity contribution in [2.24, 2.45) is 0 Å². The lowest BCUT2D eigenvalue weighted by Gasteiger charge is -2.17. The maximum Gasteiger partial charge on any atom is 0.245 e. The third-order valence-corrected chi connectivity index (χ3v) is 3.80. The summed E-state index contributed by atoms with van der Waals surface area (Å²) in [4.78, 5) is 8.97. The van der Waals surface area contributed by atoms with Gasteiger partial charge in [-0.1, -0.05) is 48.5 Å². The fourth-order valence-corrected chi connectivity index (χ4v) is 2.51. The molecular formula is C18H16N6O. The normalized spacial score (nSPS) is 12.0. The van der Waals surface area contributed by atoms with Crippen LogP contribution in [0.4, 0.5) is 17.3 Å². The zero-order valence-electron chi connectivity index (χ0n) is 13.5. The lowest BCUT2D eigenvalue weighted by atomic mass is 10.1. The molecule has 2 heterocycles. The largest absolute Gasteiger partial charge is 0.360 e. The highest BCUT2D eigenvalue weighted by Crippen LogP contribution is 2.27. The van der Waals surface area contributed by atoms with E-state index in [2.05, 4.69) is 50.0 Å². The van der Waals surface area contributed by atoms with Crippen LogP contribution < -0.4 is 10.6 Å². The van der Waals surface area contributed by atoms with Gasteiger partial charge in [0, 0.05) is 5.69 Å². The van der Waals surface area contributed by atoms with Gasteiger partial charge in [-0.15, -0.1) is 0 Å². The molecule has 2 N–H and O–H groups in total. The predicted molar refractivity (Wildman–Crippen MR) is 95.6 cm³/mol. The van der Waals surface area contributed by atoms with E-state index in [1.54, 1.807) is 0 Å². The van der Waals surface area contributed by atoms with Crippen molar-refractivity contribution in [3.63, 3.8) is 0 Å². The molecule has 0 bridgehead atoms. The molecule has 0 saturated heterocycles. The highest BCUT2D eigenvalue weighted by Gasteiger charge is 2.15. The van der Waals surface area contributed by atoms with Crippen molar-refractivity contribution >= 4 is 28.6 Å². The van der Waals surface area contributed by atoms with E-state index in [9.17, 15) is 0 Å². The Balaban J connectivity index is 1.69. The first-order valence-electron chi connectivity index (χ1n) is 7.93. The van der Waals surface area contributed by atoms with Crippen LogP contribution in [-0.2, 0) is 0 Å². The number of anilines is 3. The number of hydrogen-bond donors (Lipinski definition) is 2. The highest BCUT2D eigenvalue weighted by molar-refractivity contribution is 5.76. The van der Waals surface area contributed by atoms with Crippen molar-refractivity contribution in [3.8, 4) is 0 Å². The van der Waals surface area contributed by atoms with Crippen molar-refractivity contribution in [3.05, 3.63) is 66.2 Å². The fraction of sp³-hybridized carbons (Fsp3) is 0.111. The smallest absolute Gasteiger partial charge is 0.245 e. The first-order chi connectivity index (χ1) is 12.3. The van der Waals surface area contributed by atoms with Crippen LogP contribution in [0.2, 0.25) is 0 Å². The van der Waals surface area contributed by atoms with E-state index in [0.29, 0.717) is 22.9 Å². The number of benzene rings is 2. The van der Waals surface area contributed by atoms with E-state index in [-0.39, 0.29) is 6.04 Å². The Labute approximate surface area is 144 Å². The molecule has 7 heteroatoms. The van der Waals surface area contributed by atoms with Crippen LogP contribution in [0, 0.1) is 0 Å². The van der Waals surface area contributed by atoms with Crippen LogP contribution in [0.15, 0.2) is 65.3 Å². The first-order valence-corrected chi connectivity index (χ1v) is 7.93. The Morgan fingerprint density at radius 3 is 2.08 bits per heavy atom. The van der Waals surface area contributed by atoms with Crippen LogP contribution in [0.25, 0.3) is 11.3 Å². The molecule has 2 aromatic carbocycles. The monoisotopic (exact) mass is 332 g/mol. The van der Waals surface area contributed by atoms with E-state index >= 15 is 0 Å². The molecule has 2 aromatic heterocycles. The summed E-state index contributed by atoms with van der Waals surface area (Å²) in [7, 11) is 0. The van der Waals surface area contributed by atoms with Gasteiger partial charge in [0.1, 0.15) is 0 Å². The Hall–Kier alpha value is -3.48. The number of nitrogens with one attached hydrogen (secondary N) is 2. The summed E-state index contributed by atoms with van der Waals surface area (Å²) >= 11 is 0. The molecule has 0 radical (unpaired) electrons. The molecule has 7 nitrogen and oxygen atoms in total. The van der Waals surface area contributed by atoms with Gasteiger partial charge in [-0.25, -0.2) is 14.6 Å². The van der Waals surface area contributed by atoms with E-state index in [1.807, 2.05) is 48.5 Å². The topological polar surface area (TPSA) is 88.8 Å². The van der Waals surface area contributed by atoms with Crippen molar-refractivity contribution < 1.29 is 4.63 Å². The average molecular weight is 332 g/mol. The Morgan fingerprint density at radius 1 is 0.800 bits per heavy atom. The molecule has 124 valence electrons. The Bertz CT molecular complexity index is 971. The van der Waals surface area contributed by atoms with Gasteiger partial charge >= 0.3 is 0 Å². The highest BCUT2D eigenvalue weighted by atomic mass is 16.6. The molecule has 0 aliphatic rings.